The van der Waals surface area contributed by atoms with Crippen LogP contribution in [0.3, 0.4) is 0 Å². The van der Waals surface area contributed by atoms with Gasteiger partial charge in [-0.2, -0.15) is 0 Å². The molecule has 1 heterocycles. The highest BCUT2D eigenvalue weighted by atomic mass is 16.5. The van der Waals surface area contributed by atoms with Gasteiger partial charge in [-0.25, -0.2) is 4.98 Å². The van der Waals surface area contributed by atoms with E-state index < -0.39 is 5.41 Å². The van der Waals surface area contributed by atoms with Crippen LogP contribution in [-0.2, 0) is 4.79 Å². The summed E-state index contributed by atoms with van der Waals surface area (Å²) < 4.78 is 5.53. The summed E-state index contributed by atoms with van der Waals surface area (Å²) in [6, 6.07) is 11.6. The lowest BCUT2D eigenvalue weighted by molar-refractivity contribution is -0.116. The Morgan fingerprint density at radius 2 is 2.00 bits per heavy atom. The average molecular weight is 229 g/mol. The molecule has 17 heavy (non-hydrogen) atoms. The van der Waals surface area contributed by atoms with Crippen molar-refractivity contribution < 1.29 is 9.53 Å². The fourth-order valence-electron chi connectivity index (χ4n) is 1.42. The van der Waals surface area contributed by atoms with Crippen LogP contribution in [0.4, 0.5) is 0 Å². The molecule has 88 valence electrons. The van der Waals surface area contributed by atoms with Gasteiger partial charge in [0.25, 0.3) is 0 Å². The number of para-hydroxylation sites is 1. The molecule has 0 saturated carbocycles. The predicted molar refractivity (Wildman–Crippen MR) is 67.1 cm³/mol. The Labute approximate surface area is 100 Å². The van der Waals surface area contributed by atoms with Crippen molar-refractivity contribution in [3.8, 4) is 5.88 Å². The van der Waals surface area contributed by atoms with Crippen LogP contribution in [0, 0.1) is 5.41 Å². The number of hydrogen-bond acceptors (Lipinski definition) is 3. The first-order chi connectivity index (χ1) is 8.11. The first-order valence-corrected chi connectivity index (χ1v) is 5.56. The molecule has 0 N–H and O–H groups in total. The van der Waals surface area contributed by atoms with Crippen LogP contribution in [0.25, 0.3) is 10.9 Å². The smallest absolute Gasteiger partial charge is 0.213 e. The highest BCUT2D eigenvalue weighted by molar-refractivity contribution is 5.78. The van der Waals surface area contributed by atoms with Crippen LogP contribution < -0.4 is 4.74 Å². The molecule has 1 aromatic carbocycles. The normalized spacial score (nSPS) is 11.4. The van der Waals surface area contributed by atoms with Gasteiger partial charge in [0.2, 0.25) is 5.88 Å². The molecule has 3 heteroatoms. The zero-order valence-electron chi connectivity index (χ0n) is 10.0. The monoisotopic (exact) mass is 229 g/mol. The third-order valence-corrected chi connectivity index (χ3v) is 2.48. The third kappa shape index (κ3) is 2.81. The highest BCUT2D eigenvalue weighted by Gasteiger charge is 2.17. The molecule has 0 amide bonds. The number of nitrogens with zero attached hydrogens (tertiary/aromatic N) is 1. The molecule has 0 fully saturated rings. The van der Waals surface area contributed by atoms with E-state index >= 15 is 0 Å². The van der Waals surface area contributed by atoms with E-state index in [1.807, 2.05) is 50.2 Å². The lowest BCUT2D eigenvalue weighted by atomic mass is 9.98. The molecule has 3 nitrogen and oxygen atoms in total. The number of hydrogen-bond donors (Lipinski definition) is 0. The molecule has 0 aliphatic carbocycles. The maximum Gasteiger partial charge on any atom is 0.213 e. The molecule has 0 unspecified atom stereocenters. The number of aldehydes is 1. The third-order valence-electron chi connectivity index (χ3n) is 2.48. The molecule has 0 atom stereocenters. The minimum Gasteiger partial charge on any atom is -0.477 e. The quantitative estimate of drug-likeness (QED) is 0.757. The van der Waals surface area contributed by atoms with Crippen LogP contribution in [0.5, 0.6) is 5.88 Å². The Kier molecular flexibility index (Phi) is 3.09. The van der Waals surface area contributed by atoms with Gasteiger partial charge in [-0.05, 0) is 26.0 Å². The molecule has 2 aromatic rings. The van der Waals surface area contributed by atoms with E-state index in [-0.39, 0.29) is 0 Å². The summed E-state index contributed by atoms with van der Waals surface area (Å²) in [5, 5.41) is 1.08. The van der Waals surface area contributed by atoms with Crippen LogP contribution in [0.15, 0.2) is 36.4 Å². The van der Waals surface area contributed by atoms with Crippen molar-refractivity contribution in [2.45, 2.75) is 13.8 Å². The van der Waals surface area contributed by atoms with E-state index in [9.17, 15) is 4.79 Å². The summed E-state index contributed by atoms with van der Waals surface area (Å²) in [6.45, 7) is 4.00. The van der Waals surface area contributed by atoms with E-state index in [0.717, 1.165) is 17.2 Å². The van der Waals surface area contributed by atoms with Crippen LogP contribution in [0.1, 0.15) is 13.8 Å². The summed E-state index contributed by atoms with van der Waals surface area (Å²) >= 11 is 0. The van der Waals surface area contributed by atoms with E-state index in [0.29, 0.717) is 12.5 Å². The second kappa shape index (κ2) is 4.53. The number of benzene rings is 1. The molecule has 2 rings (SSSR count). The van der Waals surface area contributed by atoms with Crippen molar-refractivity contribution in [1.82, 2.24) is 4.98 Å². The Morgan fingerprint density at radius 1 is 1.24 bits per heavy atom. The molecule has 0 spiro atoms. The number of pyridine rings is 1. The van der Waals surface area contributed by atoms with E-state index in [2.05, 4.69) is 4.98 Å². The number of carbonyl (C=O) groups is 1. The second-order valence-corrected chi connectivity index (χ2v) is 4.74. The molecule has 0 bridgehead atoms. The summed E-state index contributed by atoms with van der Waals surface area (Å²) in [6.07, 6.45) is 0.897. The number of ether oxygens (including phenoxy) is 1. The number of fused-ring (bicyclic) bond motifs is 1. The van der Waals surface area contributed by atoms with Gasteiger partial charge in [-0.15, -0.1) is 0 Å². The molecule has 0 aliphatic rings. The topological polar surface area (TPSA) is 39.2 Å². The Balaban J connectivity index is 2.17. The van der Waals surface area contributed by atoms with E-state index in [1.165, 1.54) is 0 Å². The van der Waals surface area contributed by atoms with Gasteiger partial charge < -0.3 is 9.53 Å². The Hall–Kier alpha value is -1.90. The largest absolute Gasteiger partial charge is 0.477 e. The first-order valence-electron chi connectivity index (χ1n) is 5.56. The lowest BCUT2D eigenvalue weighted by Gasteiger charge is -2.16. The van der Waals surface area contributed by atoms with Crippen molar-refractivity contribution in [3.05, 3.63) is 36.4 Å². The molecule has 0 radical (unpaired) electrons. The lowest BCUT2D eigenvalue weighted by Crippen LogP contribution is -2.22. The predicted octanol–water partition coefficient (Wildman–Crippen LogP) is 2.84. The van der Waals surface area contributed by atoms with Crippen LogP contribution >= 0.6 is 0 Å². The fraction of sp³-hybridized carbons (Fsp3) is 0.286. The molecular weight excluding hydrogens is 214 g/mol. The van der Waals surface area contributed by atoms with Gasteiger partial charge in [-0.3, -0.25) is 0 Å². The maximum atomic E-state index is 10.8. The van der Waals surface area contributed by atoms with E-state index in [4.69, 9.17) is 4.74 Å². The standard InChI is InChI=1S/C14H15NO2/c1-14(2,9-16)10-17-13-8-7-11-5-3-4-6-12(11)15-13/h3-9H,10H2,1-2H3. The van der Waals surface area contributed by atoms with Crippen molar-refractivity contribution in [2.24, 2.45) is 5.41 Å². The van der Waals surface area contributed by atoms with Crippen molar-refractivity contribution in [1.29, 1.82) is 0 Å². The zero-order chi connectivity index (χ0) is 12.3. The first kappa shape index (κ1) is 11.6. The fourth-order valence-corrected chi connectivity index (χ4v) is 1.42. The molecule has 0 saturated heterocycles. The van der Waals surface area contributed by atoms with Gasteiger partial charge in [-0.1, -0.05) is 18.2 Å². The summed E-state index contributed by atoms with van der Waals surface area (Å²) in [7, 11) is 0. The molecule has 0 aliphatic heterocycles. The van der Waals surface area contributed by atoms with Gasteiger partial charge in [0.15, 0.2) is 0 Å². The number of carbonyl (C=O) groups excluding carboxylic acids is 1. The number of aromatic nitrogens is 1. The Morgan fingerprint density at radius 3 is 2.76 bits per heavy atom. The summed E-state index contributed by atoms with van der Waals surface area (Å²) in [5.41, 5.74) is 0.418. The average Bonchev–Trinajstić information content (AvgIpc) is 2.36. The zero-order valence-corrected chi connectivity index (χ0v) is 10.0. The van der Waals surface area contributed by atoms with Crippen LogP contribution in [-0.4, -0.2) is 17.9 Å². The highest BCUT2D eigenvalue weighted by Crippen LogP contribution is 2.18. The van der Waals surface area contributed by atoms with Gasteiger partial charge in [0.1, 0.15) is 12.9 Å². The SMILES string of the molecule is CC(C)(C=O)COc1ccc2ccccc2n1. The van der Waals surface area contributed by atoms with E-state index in [1.54, 1.807) is 0 Å². The van der Waals surface area contributed by atoms with Gasteiger partial charge in [0, 0.05) is 11.5 Å². The Bertz CT molecular complexity index is 534. The summed E-state index contributed by atoms with van der Waals surface area (Å²) in [5.74, 6) is 0.554. The van der Waals surface area contributed by atoms with Crippen LogP contribution in [0.2, 0.25) is 0 Å². The minimum absolute atomic E-state index is 0.335. The second-order valence-electron chi connectivity index (χ2n) is 4.74. The maximum absolute atomic E-state index is 10.8. The summed E-state index contributed by atoms with van der Waals surface area (Å²) in [4.78, 5) is 15.1. The number of rotatable bonds is 4. The van der Waals surface area contributed by atoms with Crippen molar-refractivity contribution >= 4 is 17.2 Å². The van der Waals surface area contributed by atoms with Gasteiger partial charge in [0.05, 0.1) is 10.9 Å². The van der Waals surface area contributed by atoms with Crippen molar-refractivity contribution in [2.75, 3.05) is 6.61 Å². The molecular formula is C14H15NO2. The van der Waals surface area contributed by atoms with Gasteiger partial charge >= 0.3 is 0 Å². The molecule has 1 aromatic heterocycles. The minimum atomic E-state index is -0.479. The van der Waals surface area contributed by atoms with Crippen molar-refractivity contribution in [3.63, 3.8) is 0 Å².